The van der Waals surface area contributed by atoms with Crippen molar-refractivity contribution >= 4 is 29.3 Å². The smallest absolute Gasteiger partial charge is 0.316 e. The fourth-order valence-electron chi connectivity index (χ4n) is 2.85. The van der Waals surface area contributed by atoms with Gasteiger partial charge in [-0.1, -0.05) is 6.07 Å². The lowest BCUT2D eigenvalue weighted by molar-refractivity contribution is -0.144. The van der Waals surface area contributed by atoms with Crippen LogP contribution in [0.15, 0.2) is 47.4 Å². The molecular formula is C20H21NO4S. The number of ether oxygens (including phenoxy) is 2. The quantitative estimate of drug-likeness (QED) is 0.596. The molecule has 0 heterocycles. The summed E-state index contributed by atoms with van der Waals surface area (Å²) in [5.41, 5.74) is 3.39. The van der Waals surface area contributed by atoms with Crippen molar-refractivity contribution in [3.05, 3.63) is 53.6 Å². The van der Waals surface area contributed by atoms with Crippen LogP contribution in [0.1, 0.15) is 17.5 Å². The SMILES string of the molecule is COc1ccc(SCC(=O)OCC(=O)Nc2ccc3c(c2)CCC3)cc1. The zero-order valence-corrected chi connectivity index (χ0v) is 15.4. The maximum absolute atomic E-state index is 12.0. The second-order valence-corrected chi connectivity index (χ2v) is 7.06. The molecule has 0 bridgehead atoms. The molecule has 0 saturated heterocycles. The van der Waals surface area contributed by atoms with Gasteiger partial charge in [-0.3, -0.25) is 9.59 Å². The summed E-state index contributed by atoms with van der Waals surface area (Å²) in [6, 6.07) is 13.4. The van der Waals surface area contributed by atoms with Crippen molar-refractivity contribution in [1.29, 1.82) is 0 Å². The molecule has 1 aliphatic rings. The predicted octanol–water partition coefficient (Wildman–Crippen LogP) is 3.46. The first-order valence-electron chi connectivity index (χ1n) is 8.48. The highest BCUT2D eigenvalue weighted by Crippen LogP contribution is 2.25. The molecule has 26 heavy (non-hydrogen) atoms. The first kappa shape index (κ1) is 18.3. The molecule has 0 atom stereocenters. The van der Waals surface area contributed by atoms with Crippen LogP contribution >= 0.6 is 11.8 Å². The molecule has 0 radical (unpaired) electrons. The summed E-state index contributed by atoms with van der Waals surface area (Å²) < 4.78 is 10.1. The van der Waals surface area contributed by atoms with E-state index >= 15 is 0 Å². The number of thioether (sulfide) groups is 1. The topological polar surface area (TPSA) is 64.6 Å². The summed E-state index contributed by atoms with van der Waals surface area (Å²) in [6.45, 7) is -0.279. The first-order chi connectivity index (χ1) is 12.6. The molecule has 136 valence electrons. The van der Waals surface area contributed by atoms with Crippen molar-refractivity contribution < 1.29 is 19.1 Å². The third-order valence-corrected chi connectivity index (χ3v) is 5.15. The highest BCUT2D eigenvalue weighted by atomic mass is 32.2. The van der Waals surface area contributed by atoms with Gasteiger partial charge in [-0.25, -0.2) is 0 Å². The minimum absolute atomic E-state index is 0.151. The molecule has 2 aromatic carbocycles. The Hall–Kier alpha value is -2.47. The van der Waals surface area contributed by atoms with Crippen LogP contribution < -0.4 is 10.1 Å². The summed E-state index contributed by atoms with van der Waals surface area (Å²) >= 11 is 1.36. The monoisotopic (exact) mass is 371 g/mol. The third-order valence-electron chi connectivity index (χ3n) is 4.16. The Kier molecular flexibility index (Phi) is 6.17. The standard InChI is InChI=1S/C20H21NO4S/c1-24-17-7-9-18(10-8-17)26-13-20(23)25-12-19(22)21-16-6-5-14-3-2-4-15(14)11-16/h5-11H,2-4,12-13H2,1H3,(H,21,22). The van der Waals surface area contributed by atoms with E-state index in [1.165, 1.54) is 22.9 Å². The average Bonchev–Trinajstić information content (AvgIpc) is 3.13. The van der Waals surface area contributed by atoms with Crippen molar-refractivity contribution in [2.45, 2.75) is 24.2 Å². The normalized spacial score (nSPS) is 12.3. The Morgan fingerprint density at radius 3 is 2.62 bits per heavy atom. The molecule has 0 spiro atoms. The van der Waals surface area contributed by atoms with Crippen LogP contribution in [-0.2, 0) is 27.2 Å². The van der Waals surface area contributed by atoms with Crippen molar-refractivity contribution in [1.82, 2.24) is 0 Å². The molecule has 2 aromatic rings. The average molecular weight is 371 g/mol. The summed E-state index contributed by atoms with van der Waals surface area (Å²) in [7, 11) is 1.60. The van der Waals surface area contributed by atoms with E-state index in [0.717, 1.165) is 35.6 Å². The van der Waals surface area contributed by atoms with Gasteiger partial charge in [0.2, 0.25) is 0 Å². The van der Waals surface area contributed by atoms with Crippen LogP contribution in [0.4, 0.5) is 5.69 Å². The number of hydrogen-bond donors (Lipinski definition) is 1. The van der Waals surface area contributed by atoms with Gasteiger partial charge < -0.3 is 14.8 Å². The van der Waals surface area contributed by atoms with Crippen LogP contribution in [0.2, 0.25) is 0 Å². The number of methoxy groups -OCH3 is 1. The number of carbonyl (C=O) groups excluding carboxylic acids is 2. The second kappa shape index (κ2) is 8.76. The van der Waals surface area contributed by atoms with E-state index in [1.54, 1.807) is 7.11 Å². The maximum atomic E-state index is 12.0. The molecular weight excluding hydrogens is 350 g/mol. The maximum Gasteiger partial charge on any atom is 0.316 e. The minimum atomic E-state index is -0.421. The van der Waals surface area contributed by atoms with Gasteiger partial charge in [0.15, 0.2) is 6.61 Å². The van der Waals surface area contributed by atoms with E-state index in [2.05, 4.69) is 11.4 Å². The van der Waals surface area contributed by atoms with E-state index in [0.29, 0.717) is 0 Å². The number of anilines is 1. The van der Waals surface area contributed by atoms with Gasteiger partial charge in [-0.15, -0.1) is 11.8 Å². The second-order valence-electron chi connectivity index (χ2n) is 6.01. The summed E-state index contributed by atoms with van der Waals surface area (Å²) in [5.74, 6) is 0.166. The van der Waals surface area contributed by atoms with Gasteiger partial charge in [0.05, 0.1) is 12.9 Å². The number of fused-ring (bicyclic) bond motifs is 1. The number of amides is 1. The van der Waals surface area contributed by atoms with E-state index in [-0.39, 0.29) is 18.3 Å². The van der Waals surface area contributed by atoms with Crippen LogP contribution in [0.25, 0.3) is 0 Å². The molecule has 1 N–H and O–H groups in total. The molecule has 0 unspecified atom stereocenters. The van der Waals surface area contributed by atoms with Gasteiger partial charge in [-0.05, 0) is 66.8 Å². The van der Waals surface area contributed by atoms with Crippen LogP contribution in [-0.4, -0.2) is 31.3 Å². The highest BCUT2D eigenvalue weighted by Gasteiger charge is 2.13. The largest absolute Gasteiger partial charge is 0.497 e. The minimum Gasteiger partial charge on any atom is -0.497 e. The molecule has 0 aromatic heterocycles. The third kappa shape index (κ3) is 5.02. The molecule has 3 rings (SSSR count). The molecule has 1 aliphatic carbocycles. The van der Waals surface area contributed by atoms with Gasteiger partial charge in [0.1, 0.15) is 5.75 Å². The van der Waals surface area contributed by atoms with Gasteiger partial charge in [-0.2, -0.15) is 0 Å². The van der Waals surface area contributed by atoms with E-state index < -0.39 is 5.97 Å². The highest BCUT2D eigenvalue weighted by molar-refractivity contribution is 8.00. The summed E-state index contributed by atoms with van der Waals surface area (Å²) in [6.07, 6.45) is 3.32. The number of aryl methyl sites for hydroxylation is 2. The van der Waals surface area contributed by atoms with Crippen molar-refractivity contribution in [3.8, 4) is 5.75 Å². The number of rotatable bonds is 7. The zero-order valence-electron chi connectivity index (χ0n) is 14.6. The number of nitrogens with one attached hydrogen (secondary N) is 1. The Morgan fingerprint density at radius 2 is 1.85 bits per heavy atom. The molecule has 0 aliphatic heterocycles. The van der Waals surface area contributed by atoms with Crippen LogP contribution in [0.5, 0.6) is 5.75 Å². The lowest BCUT2D eigenvalue weighted by Gasteiger charge is -2.08. The van der Waals surface area contributed by atoms with Gasteiger partial charge in [0, 0.05) is 10.6 Å². The van der Waals surface area contributed by atoms with Crippen LogP contribution in [0.3, 0.4) is 0 Å². The van der Waals surface area contributed by atoms with Crippen molar-refractivity contribution in [2.75, 3.05) is 24.8 Å². The molecule has 5 nitrogen and oxygen atoms in total. The number of esters is 1. The Bertz CT molecular complexity index is 789. The Labute approximate surface area is 157 Å². The number of hydrogen-bond acceptors (Lipinski definition) is 5. The lowest BCUT2D eigenvalue weighted by Crippen LogP contribution is -2.21. The zero-order chi connectivity index (χ0) is 18.4. The molecule has 0 fully saturated rings. The molecule has 0 saturated carbocycles. The predicted molar refractivity (Wildman–Crippen MR) is 102 cm³/mol. The van der Waals surface area contributed by atoms with Gasteiger partial charge in [0.25, 0.3) is 5.91 Å². The summed E-state index contributed by atoms with van der Waals surface area (Å²) in [4.78, 5) is 24.7. The van der Waals surface area contributed by atoms with Crippen LogP contribution in [0, 0.1) is 0 Å². The van der Waals surface area contributed by atoms with Crippen molar-refractivity contribution in [2.24, 2.45) is 0 Å². The molecule has 1 amide bonds. The first-order valence-corrected chi connectivity index (χ1v) is 9.47. The summed E-state index contributed by atoms with van der Waals surface area (Å²) in [5, 5.41) is 2.78. The number of carbonyl (C=O) groups is 2. The van der Waals surface area contributed by atoms with E-state index in [9.17, 15) is 9.59 Å². The van der Waals surface area contributed by atoms with Crippen molar-refractivity contribution in [3.63, 3.8) is 0 Å². The lowest BCUT2D eigenvalue weighted by atomic mass is 10.1. The Balaban J connectivity index is 1.40. The van der Waals surface area contributed by atoms with Gasteiger partial charge >= 0.3 is 5.97 Å². The molecule has 6 heteroatoms. The van der Waals surface area contributed by atoms with E-state index in [1.807, 2.05) is 36.4 Å². The fraction of sp³-hybridized carbons (Fsp3) is 0.300. The van der Waals surface area contributed by atoms with E-state index in [4.69, 9.17) is 9.47 Å². The number of benzene rings is 2. The Morgan fingerprint density at radius 1 is 1.08 bits per heavy atom. The fourth-order valence-corrected chi connectivity index (χ4v) is 3.54.